The van der Waals surface area contributed by atoms with Gasteiger partial charge in [-0.3, -0.25) is 9.48 Å². The summed E-state index contributed by atoms with van der Waals surface area (Å²) in [6.45, 7) is 8.14. The maximum atomic E-state index is 13.7. The molecule has 1 amide bonds. The lowest BCUT2D eigenvalue weighted by atomic mass is 9.92. The normalized spacial score (nSPS) is 15.4. The lowest BCUT2D eigenvalue weighted by Crippen LogP contribution is -2.47. The average molecular weight is 449 g/mol. The number of likely N-dealkylation sites (N-methyl/N-ethyl adjacent to an activating group) is 1. The first-order valence-electron chi connectivity index (χ1n) is 11.8. The number of aryl methyl sites for hydroxylation is 2. The molecule has 0 unspecified atom stereocenters. The molecule has 0 spiro atoms. The van der Waals surface area contributed by atoms with Crippen molar-refractivity contribution >= 4 is 22.4 Å². The molecule has 2 aromatic carbocycles. The molecule has 0 saturated carbocycles. The Kier molecular flexibility index (Phi) is 7.23. The van der Waals surface area contributed by atoms with E-state index in [0.717, 1.165) is 72.2 Å². The van der Waals surface area contributed by atoms with Gasteiger partial charge in [-0.2, -0.15) is 5.10 Å². The Balaban J connectivity index is 1.54. The Morgan fingerprint density at radius 3 is 2.64 bits per heavy atom. The molecular weight excluding hydrogens is 415 g/mol. The maximum Gasteiger partial charge on any atom is 0.224 e. The Morgan fingerprint density at radius 1 is 1.12 bits per heavy atom. The number of benzene rings is 2. The molecule has 1 aliphatic heterocycles. The molecule has 33 heavy (non-hydrogen) atoms. The van der Waals surface area contributed by atoms with E-state index in [2.05, 4.69) is 48.2 Å². The minimum atomic E-state index is -0.214. The van der Waals surface area contributed by atoms with Crippen molar-refractivity contribution in [1.29, 1.82) is 0 Å². The molecule has 0 atom stereocenters. The molecule has 1 aliphatic rings. The number of amides is 1. The number of aromatic nitrogens is 2. The fourth-order valence-electron chi connectivity index (χ4n) is 4.45. The highest BCUT2D eigenvalue weighted by Crippen LogP contribution is 2.30. The maximum absolute atomic E-state index is 13.7. The summed E-state index contributed by atoms with van der Waals surface area (Å²) in [4.78, 5) is 16.8. The molecule has 0 N–H and O–H groups in total. The zero-order valence-corrected chi connectivity index (χ0v) is 19.9. The topological polar surface area (TPSA) is 41.4 Å². The van der Waals surface area contributed by atoms with Crippen LogP contribution in [0.4, 0.5) is 4.39 Å². The molecule has 0 radical (unpaired) electrons. The van der Waals surface area contributed by atoms with Crippen molar-refractivity contribution in [3.05, 3.63) is 71.2 Å². The van der Waals surface area contributed by atoms with Crippen LogP contribution >= 0.6 is 0 Å². The summed E-state index contributed by atoms with van der Waals surface area (Å²) in [6, 6.07) is 11.3. The number of unbranched alkanes of at least 4 members (excludes halogenated alkanes) is 1. The van der Waals surface area contributed by atoms with Gasteiger partial charge in [0.1, 0.15) is 5.82 Å². The number of allylic oxidation sites excluding steroid dienone is 1. The van der Waals surface area contributed by atoms with Crippen LogP contribution in [0.3, 0.4) is 0 Å². The number of carbonyl (C=O) groups is 1. The fourth-order valence-corrected chi connectivity index (χ4v) is 4.45. The first kappa shape index (κ1) is 23.2. The van der Waals surface area contributed by atoms with Crippen molar-refractivity contribution in [3.8, 4) is 0 Å². The van der Waals surface area contributed by atoms with E-state index in [9.17, 15) is 9.18 Å². The zero-order valence-electron chi connectivity index (χ0n) is 19.9. The Morgan fingerprint density at radius 2 is 1.91 bits per heavy atom. The number of carbonyl (C=O) groups excluding carboxylic acids is 1. The fraction of sp³-hybridized carbons (Fsp3) is 0.407. The third-order valence-electron chi connectivity index (χ3n) is 6.46. The van der Waals surface area contributed by atoms with Gasteiger partial charge in [-0.25, -0.2) is 4.39 Å². The number of fused-ring (bicyclic) bond motifs is 1. The third-order valence-corrected chi connectivity index (χ3v) is 6.46. The third kappa shape index (κ3) is 5.33. The molecule has 4 rings (SSSR count). The number of piperazine rings is 1. The van der Waals surface area contributed by atoms with Crippen LogP contribution in [0, 0.1) is 12.7 Å². The molecule has 3 aromatic rings. The van der Waals surface area contributed by atoms with E-state index in [1.165, 1.54) is 6.07 Å². The van der Waals surface area contributed by atoms with Crippen molar-refractivity contribution in [2.45, 2.75) is 39.7 Å². The lowest BCUT2D eigenvalue weighted by molar-refractivity contribution is -0.133. The molecule has 1 saturated heterocycles. The van der Waals surface area contributed by atoms with Gasteiger partial charge in [0.05, 0.1) is 18.3 Å². The second-order valence-corrected chi connectivity index (χ2v) is 8.94. The first-order valence-corrected chi connectivity index (χ1v) is 11.8. The second-order valence-electron chi connectivity index (χ2n) is 8.94. The van der Waals surface area contributed by atoms with E-state index < -0.39 is 0 Å². The van der Waals surface area contributed by atoms with Crippen molar-refractivity contribution in [1.82, 2.24) is 19.6 Å². The quantitative estimate of drug-likeness (QED) is 0.517. The summed E-state index contributed by atoms with van der Waals surface area (Å²) >= 11 is 0. The average Bonchev–Trinajstić information content (AvgIpc) is 3.21. The van der Waals surface area contributed by atoms with Gasteiger partial charge in [-0.05, 0) is 66.9 Å². The monoisotopic (exact) mass is 448 g/mol. The standard InChI is InChI=1S/C27H33FN4O/c1-4-5-6-25(24-9-8-23(28)17-20(24)2)21-7-10-26-22(18-21)19-29-32(26)12-11-27(33)31-15-13-30(3)14-16-31/h6-10,17-19H,4-5,11-16H2,1-3H3/b25-6-. The van der Waals surface area contributed by atoms with Crippen molar-refractivity contribution < 1.29 is 9.18 Å². The summed E-state index contributed by atoms with van der Waals surface area (Å²) in [5.41, 5.74) is 5.22. The molecule has 6 heteroatoms. The predicted octanol–water partition coefficient (Wildman–Crippen LogP) is 4.88. The summed E-state index contributed by atoms with van der Waals surface area (Å²) in [5.74, 6) is -0.0196. The van der Waals surface area contributed by atoms with Crippen LogP contribution in [0.1, 0.15) is 42.9 Å². The van der Waals surface area contributed by atoms with Crippen molar-refractivity contribution in [2.24, 2.45) is 0 Å². The highest BCUT2D eigenvalue weighted by Gasteiger charge is 2.19. The second kappa shape index (κ2) is 10.3. The first-order chi connectivity index (χ1) is 16.0. The molecule has 0 aliphatic carbocycles. The summed E-state index contributed by atoms with van der Waals surface area (Å²) < 4.78 is 15.6. The minimum Gasteiger partial charge on any atom is -0.340 e. The highest BCUT2D eigenvalue weighted by atomic mass is 19.1. The van der Waals surface area contributed by atoms with Gasteiger partial charge < -0.3 is 9.80 Å². The Bertz CT molecular complexity index is 1160. The van der Waals surface area contributed by atoms with Crippen LogP contribution in [0.2, 0.25) is 0 Å². The zero-order chi connectivity index (χ0) is 23.4. The van der Waals surface area contributed by atoms with Gasteiger partial charge in [0.2, 0.25) is 5.91 Å². The molecular formula is C27H33FN4O. The summed E-state index contributed by atoms with van der Waals surface area (Å²) in [5, 5.41) is 5.60. The van der Waals surface area contributed by atoms with Crippen molar-refractivity contribution in [2.75, 3.05) is 33.2 Å². The van der Waals surface area contributed by atoms with Crippen molar-refractivity contribution in [3.63, 3.8) is 0 Å². The van der Waals surface area contributed by atoms with Gasteiger partial charge in [-0.15, -0.1) is 0 Å². The molecule has 0 bridgehead atoms. The molecule has 174 valence electrons. The number of halogens is 1. The molecule has 1 fully saturated rings. The molecule has 5 nitrogen and oxygen atoms in total. The minimum absolute atomic E-state index is 0.194. The smallest absolute Gasteiger partial charge is 0.224 e. The predicted molar refractivity (Wildman–Crippen MR) is 132 cm³/mol. The van der Waals surface area contributed by atoms with Crippen LogP contribution < -0.4 is 0 Å². The lowest BCUT2D eigenvalue weighted by Gasteiger charge is -2.32. The van der Waals surface area contributed by atoms with Gasteiger partial charge in [-0.1, -0.05) is 31.6 Å². The molecule has 1 aromatic heterocycles. The van der Waals surface area contributed by atoms with Crippen LogP contribution in [-0.4, -0.2) is 58.7 Å². The molecule has 2 heterocycles. The SMILES string of the molecule is CCC/C=C(/c1ccc2c(cnn2CCC(=O)N2CCN(C)CC2)c1)c1ccc(F)cc1C. The van der Waals surface area contributed by atoms with Crippen LogP contribution in [0.15, 0.2) is 48.7 Å². The number of nitrogens with zero attached hydrogens (tertiary/aromatic N) is 4. The Hall–Kier alpha value is -2.99. The van der Waals surface area contributed by atoms with Crippen LogP contribution in [0.5, 0.6) is 0 Å². The van der Waals surface area contributed by atoms with E-state index in [0.29, 0.717) is 13.0 Å². The van der Waals surface area contributed by atoms with E-state index in [1.807, 2.05) is 28.8 Å². The van der Waals surface area contributed by atoms with Crippen LogP contribution in [-0.2, 0) is 11.3 Å². The van der Waals surface area contributed by atoms with Crippen LogP contribution in [0.25, 0.3) is 16.5 Å². The number of rotatable bonds is 7. The van der Waals surface area contributed by atoms with E-state index in [4.69, 9.17) is 0 Å². The van der Waals surface area contributed by atoms with E-state index in [-0.39, 0.29) is 11.7 Å². The summed E-state index contributed by atoms with van der Waals surface area (Å²) in [7, 11) is 2.09. The van der Waals surface area contributed by atoms with Gasteiger partial charge in [0.15, 0.2) is 0 Å². The van der Waals surface area contributed by atoms with Gasteiger partial charge >= 0.3 is 0 Å². The largest absolute Gasteiger partial charge is 0.340 e. The summed E-state index contributed by atoms with van der Waals surface area (Å²) in [6.07, 6.45) is 6.57. The number of hydrogen-bond acceptors (Lipinski definition) is 3. The van der Waals surface area contributed by atoms with Gasteiger partial charge in [0.25, 0.3) is 0 Å². The van der Waals surface area contributed by atoms with E-state index in [1.54, 1.807) is 6.07 Å². The number of hydrogen-bond donors (Lipinski definition) is 0. The Labute approximate surface area is 195 Å². The van der Waals surface area contributed by atoms with Gasteiger partial charge in [0, 0.05) is 38.0 Å². The van der Waals surface area contributed by atoms with E-state index >= 15 is 0 Å². The highest BCUT2D eigenvalue weighted by molar-refractivity contribution is 5.88.